The first-order chi connectivity index (χ1) is 16.4. The molecule has 0 fully saturated rings. The van der Waals surface area contributed by atoms with Gasteiger partial charge in [0, 0.05) is 24.6 Å². The highest BCUT2D eigenvalue weighted by molar-refractivity contribution is 8.76. The van der Waals surface area contributed by atoms with Crippen LogP contribution in [0.25, 0.3) is 0 Å². The first-order valence-corrected chi connectivity index (χ1v) is 15.4. The van der Waals surface area contributed by atoms with Gasteiger partial charge in [0.25, 0.3) is 0 Å². The van der Waals surface area contributed by atoms with Gasteiger partial charge in [-0.3, -0.25) is 0 Å². The Morgan fingerprint density at radius 1 is 1.14 bits per heavy atom. The van der Waals surface area contributed by atoms with Crippen molar-refractivity contribution in [3.8, 4) is 0 Å². The van der Waals surface area contributed by atoms with Gasteiger partial charge >= 0.3 is 6.09 Å². The molecule has 0 radical (unpaired) electrons. The second-order valence-corrected chi connectivity index (χ2v) is 14.2. The van der Waals surface area contributed by atoms with E-state index in [1.54, 1.807) is 59.7 Å². The van der Waals surface area contributed by atoms with Crippen molar-refractivity contribution in [2.75, 3.05) is 35.2 Å². The molecule has 0 spiro atoms. The fraction of sp³-hybridized carbons (Fsp3) is 0.500. The summed E-state index contributed by atoms with van der Waals surface area (Å²) in [6.45, 7) is 9.87. The second kappa shape index (κ2) is 13.4. The van der Waals surface area contributed by atoms with Gasteiger partial charge in [-0.05, 0) is 46.8 Å². The molecular formula is C22H32ClN5O4S3. The molecule has 0 bridgehead atoms. The van der Waals surface area contributed by atoms with Crippen LogP contribution in [-0.4, -0.2) is 59.9 Å². The Balaban J connectivity index is 1.83. The molecule has 2 rings (SSSR count). The van der Waals surface area contributed by atoms with E-state index in [4.69, 9.17) is 16.3 Å². The van der Waals surface area contributed by atoms with Crippen LogP contribution >= 0.6 is 33.2 Å². The molecule has 0 saturated heterocycles. The summed E-state index contributed by atoms with van der Waals surface area (Å²) in [6, 6.07) is 6.66. The number of anilines is 3. The van der Waals surface area contributed by atoms with Gasteiger partial charge in [0.2, 0.25) is 5.95 Å². The second-order valence-electron chi connectivity index (χ2n) is 8.60. The fourth-order valence-electron chi connectivity index (χ4n) is 2.57. The predicted octanol–water partition coefficient (Wildman–Crippen LogP) is 5.37. The van der Waals surface area contributed by atoms with Crippen LogP contribution in [0.3, 0.4) is 0 Å². The SMILES string of the molecule is CC(C)S(=O)(=O)c1ccccc1Nc1nc(NCCSSCCNC(=O)OC(C)(C)C)ncc1Cl. The third kappa shape index (κ3) is 9.94. The predicted molar refractivity (Wildman–Crippen MR) is 147 cm³/mol. The average molecular weight is 562 g/mol. The summed E-state index contributed by atoms with van der Waals surface area (Å²) in [5.74, 6) is 2.21. The van der Waals surface area contributed by atoms with Gasteiger partial charge in [0.05, 0.1) is 22.0 Å². The van der Waals surface area contributed by atoms with E-state index in [0.29, 0.717) is 30.5 Å². The quantitative estimate of drug-likeness (QED) is 0.230. The van der Waals surface area contributed by atoms with Crippen molar-refractivity contribution >= 4 is 66.6 Å². The lowest BCUT2D eigenvalue weighted by molar-refractivity contribution is 0.0531. The Hall–Kier alpha value is -1.89. The summed E-state index contributed by atoms with van der Waals surface area (Å²) >= 11 is 6.25. The number of sulfone groups is 1. The van der Waals surface area contributed by atoms with E-state index in [0.717, 1.165) is 11.5 Å². The number of carbonyl (C=O) groups is 1. The number of hydrogen-bond acceptors (Lipinski definition) is 10. The topological polar surface area (TPSA) is 122 Å². The molecule has 3 N–H and O–H groups in total. The number of ether oxygens (including phenoxy) is 1. The zero-order chi connectivity index (χ0) is 26.1. The molecule has 2 aromatic rings. The number of alkyl carbamates (subject to hydrolysis) is 1. The minimum Gasteiger partial charge on any atom is -0.444 e. The van der Waals surface area contributed by atoms with Crippen molar-refractivity contribution in [2.45, 2.75) is 50.4 Å². The first kappa shape index (κ1) is 29.3. The summed E-state index contributed by atoms with van der Waals surface area (Å²) in [5, 5.41) is 8.60. The summed E-state index contributed by atoms with van der Waals surface area (Å²) in [4.78, 5) is 20.4. The molecule has 0 aliphatic rings. The van der Waals surface area contributed by atoms with Crippen LogP contribution in [0.1, 0.15) is 34.6 Å². The number of carbonyl (C=O) groups excluding carboxylic acids is 1. The number of hydrogen-bond donors (Lipinski definition) is 3. The minimum absolute atomic E-state index is 0.189. The standard InChI is InChI=1S/C22H32ClN5O4S3/c1-15(2)35(30,31)18-9-7-6-8-17(18)27-19-16(23)14-26-20(28-19)24-10-12-33-34-13-11-25-21(29)32-22(3,4)5/h6-9,14-15H,10-13H2,1-5H3,(H,25,29)(H2,24,26,27,28). The molecule has 9 nitrogen and oxygen atoms in total. The highest BCUT2D eigenvalue weighted by Crippen LogP contribution is 2.30. The average Bonchev–Trinajstić information content (AvgIpc) is 2.76. The van der Waals surface area contributed by atoms with Crippen molar-refractivity contribution in [1.82, 2.24) is 15.3 Å². The number of nitrogens with one attached hydrogen (secondary N) is 3. The zero-order valence-electron chi connectivity index (χ0n) is 20.4. The van der Waals surface area contributed by atoms with E-state index in [2.05, 4.69) is 25.9 Å². The van der Waals surface area contributed by atoms with Crippen molar-refractivity contribution in [2.24, 2.45) is 0 Å². The Bertz CT molecular complexity index is 1090. The van der Waals surface area contributed by atoms with Crippen LogP contribution in [0.2, 0.25) is 5.02 Å². The van der Waals surface area contributed by atoms with Gasteiger partial charge in [-0.1, -0.05) is 45.3 Å². The monoisotopic (exact) mass is 561 g/mol. The van der Waals surface area contributed by atoms with E-state index >= 15 is 0 Å². The number of amides is 1. The fourth-order valence-corrected chi connectivity index (χ4v) is 5.72. The van der Waals surface area contributed by atoms with Gasteiger partial charge in [0.1, 0.15) is 10.6 Å². The highest BCUT2D eigenvalue weighted by atomic mass is 35.5. The van der Waals surface area contributed by atoms with Crippen molar-refractivity contribution in [3.05, 3.63) is 35.5 Å². The molecule has 1 heterocycles. The van der Waals surface area contributed by atoms with Crippen LogP contribution in [-0.2, 0) is 14.6 Å². The minimum atomic E-state index is -3.49. The lowest BCUT2D eigenvalue weighted by atomic mass is 10.2. The Morgan fingerprint density at radius 3 is 2.46 bits per heavy atom. The third-order valence-electron chi connectivity index (χ3n) is 4.22. The zero-order valence-corrected chi connectivity index (χ0v) is 23.6. The van der Waals surface area contributed by atoms with Gasteiger partial charge in [-0.25, -0.2) is 18.2 Å². The maximum atomic E-state index is 12.7. The van der Waals surface area contributed by atoms with Crippen LogP contribution in [0.5, 0.6) is 0 Å². The normalized spacial score (nSPS) is 11.9. The largest absolute Gasteiger partial charge is 0.444 e. The smallest absolute Gasteiger partial charge is 0.407 e. The van der Waals surface area contributed by atoms with Crippen LogP contribution in [0.4, 0.5) is 22.2 Å². The Morgan fingerprint density at radius 2 is 1.80 bits per heavy atom. The van der Waals surface area contributed by atoms with Crippen LogP contribution in [0, 0.1) is 0 Å². The van der Waals surface area contributed by atoms with Crippen LogP contribution in [0.15, 0.2) is 35.4 Å². The molecule has 0 aliphatic carbocycles. The third-order valence-corrected chi connectivity index (χ3v) is 9.11. The van der Waals surface area contributed by atoms with Gasteiger partial charge in [-0.15, -0.1) is 0 Å². The molecule has 194 valence electrons. The maximum absolute atomic E-state index is 12.7. The number of para-hydroxylation sites is 1. The van der Waals surface area contributed by atoms with Gasteiger partial charge in [-0.2, -0.15) is 4.98 Å². The lowest BCUT2D eigenvalue weighted by Gasteiger charge is -2.19. The van der Waals surface area contributed by atoms with Gasteiger partial charge in [0.15, 0.2) is 15.7 Å². The summed E-state index contributed by atoms with van der Waals surface area (Å²) < 4.78 is 30.6. The van der Waals surface area contributed by atoms with E-state index in [9.17, 15) is 13.2 Å². The van der Waals surface area contributed by atoms with E-state index in [1.807, 2.05) is 20.8 Å². The van der Waals surface area contributed by atoms with Crippen molar-refractivity contribution in [3.63, 3.8) is 0 Å². The molecule has 0 aliphatic heterocycles. The molecular weight excluding hydrogens is 530 g/mol. The molecule has 0 saturated carbocycles. The summed E-state index contributed by atoms with van der Waals surface area (Å²) in [7, 11) is -0.201. The van der Waals surface area contributed by atoms with Crippen molar-refractivity contribution in [1.29, 1.82) is 0 Å². The maximum Gasteiger partial charge on any atom is 0.407 e. The molecule has 1 aromatic carbocycles. The van der Waals surface area contributed by atoms with Crippen LogP contribution < -0.4 is 16.0 Å². The Kier molecular flexibility index (Phi) is 11.3. The first-order valence-electron chi connectivity index (χ1n) is 11.0. The number of aromatic nitrogens is 2. The molecule has 1 amide bonds. The molecule has 1 aromatic heterocycles. The summed E-state index contributed by atoms with van der Waals surface area (Å²) in [6.07, 6.45) is 1.04. The van der Waals surface area contributed by atoms with E-state index in [1.165, 1.54) is 6.20 Å². The van der Waals surface area contributed by atoms with E-state index in [-0.39, 0.29) is 9.92 Å². The molecule has 35 heavy (non-hydrogen) atoms. The van der Waals surface area contributed by atoms with E-state index < -0.39 is 26.8 Å². The van der Waals surface area contributed by atoms with Gasteiger partial charge < -0.3 is 20.7 Å². The number of nitrogens with zero attached hydrogens (tertiary/aromatic N) is 2. The molecule has 13 heteroatoms. The number of rotatable bonds is 12. The highest BCUT2D eigenvalue weighted by Gasteiger charge is 2.23. The molecule has 0 unspecified atom stereocenters. The number of benzene rings is 1. The molecule has 0 atom stereocenters. The lowest BCUT2D eigenvalue weighted by Crippen LogP contribution is -2.33. The number of halogens is 1. The summed E-state index contributed by atoms with van der Waals surface area (Å²) in [5.41, 5.74) is -0.105. The van der Waals surface area contributed by atoms with Crippen molar-refractivity contribution < 1.29 is 17.9 Å². The Labute approximate surface area is 220 Å².